The van der Waals surface area contributed by atoms with Crippen molar-refractivity contribution in [3.8, 4) is 0 Å². The van der Waals surface area contributed by atoms with Crippen molar-refractivity contribution in [3.63, 3.8) is 0 Å². The molecule has 0 bridgehead atoms. The van der Waals surface area contributed by atoms with Gasteiger partial charge in [0.05, 0.1) is 0 Å². The lowest BCUT2D eigenvalue weighted by molar-refractivity contribution is -0.387. The Morgan fingerprint density at radius 2 is 1.35 bits per heavy atom. The molecule has 2 unspecified atom stereocenters. The number of carbonyl (C=O) groups is 1. The summed E-state index contributed by atoms with van der Waals surface area (Å²) in [4.78, 5) is 9.77. The number of hydrogen-bond donors (Lipinski definition) is 2. The Kier molecular flexibility index (Phi) is 12.9. The minimum absolute atomic E-state index is 0.501. The van der Waals surface area contributed by atoms with E-state index < -0.39 is 24.5 Å². The van der Waals surface area contributed by atoms with Gasteiger partial charge in [-0.15, -0.1) is 0 Å². The third-order valence-corrected chi connectivity index (χ3v) is 1.74. The molecule has 0 aromatic rings. The summed E-state index contributed by atoms with van der Waals surface area (Å²) in [6.07, 6.45) is 0. The average Bonchev–Trinajstić information content (AvgIpc) is 2.36. The first-order valence-corrected chi connectivity index (χ1v) is 6.12. The van der Waals surface area contributed by atoms with E-state index >= 15 is 0 Å². The van der Waals surface area contributed by atoms with Crippen LogP contribution >= 0.6 is 0 Å². The lowest BCUT2D eigenvalue weighted by atomic mass is 10.1. The zero-order valence-corrected chi connectivity index (χ0v) is 12.9. The number of rotatable bonds is 9. The normalized spacial score (nSPS) is 14.2. The highest BCUT2D eigenvalue weighted by Crippen LogP contribution is 2.03. The average molecular weight is 298 g/mol. The number of methoxy groups -OCH3 is 2. The van der Waals surface area contributed by atoms with Crippen LogP contribution in [0.1, 0.15) is 27.7 Å². The van der Waals surface area contributed by atoms with Gasteiger partial charge in [0, 0.05) is 27.4 Å². The van der Waals surface area contributed by atoms with Gasteiger partial charge in [-0.25, -0.2) is 4.79 Å². The van der Waals surface area contributed by atoms with Crippen LogP contribution in [-0.2, 0) is 28.5 Å². The van der Waals surface area contributed by atoms with E-state index in [1.165, 1.54) is 28.1 Å². The molecule has 0 aromatic heterocycles. The highest BCUT2D eigenvalue weighted by molar-refractivity contribution is 5.75. The van der Waals surface area contributed by atoms with Crippen molar-refractivity contribution in [2.24, 2.45) is 0 Å². The fourth-order valence-corrected chi connectivity index (χ4v) is 0.689. The third kappa shape index (κ3) is 12.3. The molecular formula is C12H26O8. The Morgan fingerprint density at radius 3 is 1.50 bits per heavy atom. The van der Waals surface area contributed by atoms with Gasteiger partial charge in [0.15, 0.2) is 5.60 Å². The van der Waals surface area contributed by atoms with Gasteiger partial charge < -0.3 is 29.2 Å². The van der Waals surface area contributed by atoms with Gasteiger partial charge in [-0.2, -0.15) is 0 Å². The van der Waals surface area contributed by atoms with Crippen LogP contribution in [0.3, 0.4) is 0 Å². The van der Waals surface area contributed by atoms with E-state index in [0.29, 0.717) is 13.2 Å². The third-order valence-electron chi connectivity index (χ3n) is 1.74. The maximum atomic E-state index is 9.77. The van der Waals surface area contributed by atoms with Crippen molar-refractivity contribution in [3.05, 3.63) is 0 Å². The van der Waals surface area contributed by atoms with Crippen LogP contribution in [0.15, 0.2) is 0 Å². The molecule has 0 heterocycles. The van der Waals surface area contributed by atoms with Crippen molar-refractivity contribution in [2.45, 2.75) is 46.2 Å². The van der Waals surface area contributed by atoms with Crippen LogP contribution in [0, 0.1) is 0 Å². The second kappa shape index (κ2) is 12.0. The maximum Gasteiger partial charge on any atom is 0.335 e. The van der Waals surface area contributed by atoms with Crippen LogP contribution < -0.4 is 0 Å². The topological polar surface area (TPSA) is 104 Å². The SMILES string of the molecule is CC(C)(O)C(=O)O.CCOC(OC)OC(OC)OCC. The fourth-order valence-electron chi connectivity index (χ4n) is 0.689. The van der Waals surface area contributed by atoms with Crippen molar-refractivity contribution < 1.29 is 38.7 Å². The Bertz CT molecular complexity index is 226. The van der Waals surface area contributed by atoms with E-state index in [1.54, 1.807) is 0 Å². The molecule has 0 aliphatic rings. The molecule has 8 heteroatoms. The Balaban J connectivity index is 0. The van der Waals surface area contributed by atoms with Crippen LogP contribution in [-0.4, -0.2) is 62.2 Å². The number of aliphatic carboxylic acids is 1. The smallest absolute Gasteiger partial charge is 0.335 e. The van der Waals surface area contributed by atoms with Crippen molar-refractivity contribution in [1.82, 2.24) is 0 Å². The van der Waals surface area contributed by atoms with E-state index in [9.17, 15) is 4.79 Å². The minimum atomic E-state index is -1.58. The fraction of sp³-hybridized carbons (Fsp3) is 0.917. The second-order valence-electron chi connectivity index (χ2n) is 3.96. The molecule has 0 saturated carbocycles. The number of aliphatic hydroxyl groups is 1. The molecule has 2 atom stereocenters. The predicted molar refractivity (Wildman–Crippen MR) is 69.9 cm³/mol. The summed E-state index contributed by atoms with van der Waals surface area (Å²) in [5.41, 5.74) is -1.58. The molecule has 0 fully saturated rings. The molecule has 0 amide bonds. The molecule has 0 spiro atoms. The lowest BCUT2D eigenvalue weighted by Gasteiger charge is -2.21. The summed E-state index contributed by atoms with van der Waals surface area (Å²) in [7, 11) is 2.97. The molecule has 122 valence electrons. The molecule has 0 saturated heterocycles. The standard InChI is InChI=1S/C8H18O5.C4H8O3/c1-5-11-7(9-3)13-8(10-4)12-6-2;1-4(2,7)3(5)6/h7-8H,5-6H2,1-4H3;7H,1-2H3,(H,5,6). The molecule has 0 aliphatic heterocycles. The molecule has 0 radical (unpaired) electrons. The zero-order chi connectivity index (χ0) is 16.2. The first-order chi connectivity index (χ1) is 9.22. The molecule has 0 aliphatic carbocycles. The predicted octanol–water partition coefficient (Wildman–Crippen LogP) is 0.778. The highest BCUT2D eigenvalue weighted by atomic mass is 16.9. The molecule has 2 N–H and O–H groups in total. The zero-order valence-electron chi connectivity index (χ0n) is 12.9. The Hall–Kier alpha value is -0.770. The van der Waals surface area contributed by atoms with E-state index in [0.717, 1.165) is 0 Å². The maximum absolute atomic E-state index is 9.77. The van der Waals surface area contributed by atoms with Gasteiger partial charge in [0.25, 0.3) is 13.0 Å². The van der Waals surface area contributed by atoms with Crippen LogP contribution in [0.4, 0.5) is 0 Å². The van der Waals surface area contributed by atoms with Crippen molar-refractivity contribution >= 4 is 5.97 Å². The Labute approximate surface area is 119 Å². The second-order valence-corrected chi connectivity index (χ2v) is 3.96. The van der Waals surface area contributed by atoms with Gasteiger partial charge in [0.2, 0.25) is 0 Å². The van der Waals surface area contributed by atoms with Crippen LogP contribution in [0.25, 0.3) is 0 Å². The lowest BCUT2D eigenvalue weighted by Crippen LogP contribution is -2.30. The van der Waals surface area contributed by atoms with E-state index in [2.05, 4.69) is 0 Å². The summed E-state index contributed by atoms with van der Waals surface area (Å²) in [6, 6.07) is 0. The number of hydrogen-bond acceptors (Lipinski definition) is 7. The summed E-state index contributed by atoms with van der Waals surface area (Å²) in [5.74, 6) is -1.20. The van der Waals surface area contributed by atoms with Crippen molar-refractivity contribution in [2.75, 3.05) is 27.4 Å². The van der Waals surface area contributed by atoms with Gasteiger partial charge in [0.1, 0.15) is 0 Å². The van der Waals surface area contributed by atoms with Gasteiger partial charge >= 0.3 is 5.97 Å². The quantitative estimate of drug-likeness (QED) is 0.602. The van der Waals surface area contributed by atoms with Crippen LogP contribution in [0.5, 0.6) is 0 Å². The highest BCUT2D eigenvalue weighted by Gasteiger charge is 2.21. The summed E-state index contributed by atoms with van der Waals surface area (Å²) >= 11 is 0. The first-order valence-electron chi connectivity index (χ1n) is 6.12. The number of ether oxygens (including phenoxy) is 5. The van der Waals surface area contributed by atoms with E-state index in [-0.39, 0.29) is 0 Å². The Morgan fingerprint density at radius 1 is 1.05 bits per heavy atom. The number of carboxylic acids is 1. The number of carboxylic acid groups (broad SMARTS) is 1. The van der Waals surface area contributed by atoms with Gasteiger partial charge in [-0.1, -0.05) is 0 Å². The summed E-state index contributed by atoms with van der Waals surface area (Å²) in [5, 5.41) is 16.5. The van der Waals surface area contributed by atoms with E-state index in [4.69, 9.17) is 33.9 Å². The van der Waals surface area contributed by atoms with Gasteiger partial charge in [-0.05, 0) is 27.7 Å². The molecule has 20 heavy (non-hydrogen) atoms. The van der Waals surface area contributed by atoms with Crippen LogP contribution in [0.2, 0.25) is 0 Å². The van der Waals surface area contributed by atoms with Gasteiger partial charge in [-0.3, -0.25) is 4.74 Å². The summed E-state index contributed by atoms with van der Waals surface area (Å²) in [6.45, 7) is 5.63. The van der Waals surface area contributed by atoms with Crippen molar-refractivity contribution in [1.29, 1.82) is 0 Å². The summed E-state index contributed by atoms with van der Waals surface area (Å²) < 4.78 is 25.0. The van der Waals surface area contributed by atoms with E-state index in [1.807, 2.05) is 13.8 Å². The monoisotopic (exact) mass is 298 g/mol. The largest absolute Gasteiger partial charge is 0.479 e. The first kappa shape index (κ1) is 21.5. The minimum Gasteiger partial charge on any atom is -0.479 e. The molecule has 8 nitrogen and oxygen atoms in total. The molecule has 0 aromatic carbocycles. The molecule has 0 rings (SSSR count). The molecular weight excluding hydrogens is 272 g/mol.